The van der Waals surface area contributed by atoms with Gasteiger partial charge in [-0.25, -0.2) is 0 Å². The predicted octanol–water partition coefficient (Wildman–Crippen LogP) is 5.47. The second kappa shape index (κ2) is 9.05. The summed E-state index contributed by atoms with van der Waals surface area (Å²) in [5, 5.41) is 11.6. The maximum absolute atomic E-state index is 13.1. The molecular formula is C24H23N3OS. The van der Waals surface area contributed by atoms with Gasteiger partial charge in [-0.05, 0) is 28.3 Å². The fourth-order valence-corrected chi connectivity index (χ4v) is 4.67. The van der Waals surface area contributed by atoms with Gasteiger partial charge in [0.25, 0.3) is 0 Å². The van der Waals surface area contributed by atoms with Crippen molar-refractivity contribution in [1.82, 2.24) is 4.90 Å². The van der Waals surface area contributed by atoms with Crippen molar-refractivity contribution in [3.63, 3.8) is 0 Å². The summed E-state index contributed by atoms with van der Waals surface area (Å²) in [6, 6.07) is 24.3. The van der Waals surface area contributed by atoms with Crippen LogP contribution in [-0.4, -0.2) is 27.4 Å². The van der Waals surface area contributed by atoms with E-state index in [-0.39, 0.29) is 11.2 Å². The largest absolute Gasteiger partial charge is 0.284 e. The molecule has 1 unspecified atom stereocenters. The van der Waals surface area contributed by atoms with Gasteiger partial charge in [0.2, 0.25) is 5.91 Å². The van der Waals surface area contributed by atoms with Crippen molar-refractivity contribution >= 4 is 39.8 Å². The number of benzene rings is 3. The van der Waals surface area contributed by atoms with Crippen molar-refractivity contribution in [3.8, 4) is 0 Å². The average molecular weight is 402 g/mol. The standard InChI is InChI=1S/C24H23N3OS/c1-2-9-22-23(28)27(17-20-14-8-13-19-12-6-7-15-21(19)20)24(29-22)26-25-16-18-10-4-3-5-11-18/h3-8,10-16,22H,2,9,17H2,1H3/b25-16+,26-24+. The van der Waals surface area contributed by atoms with Crippen LogP contribution >= 0.6 is 11.8 Å². The summed E-state index contributed by atoms with van der Waals surface area (Å²) >= 11 is 1.52. The Morgan fingerprint density at radius 2 is 1.76 bits per heavy atom. The zero-order valence-corrected chi connectivity index (χ0v) is 17.2. The number of hydrogen-bond acceptors (Lipinski definition) is 4. The highest BCUT2D eigenvalue weighted by Crippen LogP contribution is 2.32. The van der Waals surface area contributed by atoms with Crippen LogP contribution in [0.4, 0.5) is 0 Å². The van der Waals surface area contributed by atoms with Crippen molar-refractivity contribution in [2.75, 3.05) is 0 Å². The van der Waals surface area contributed by atoms with Crippen molar-refractivity contribution < 1.29 is 4.79 Å². The summed E-state index contributed by atoms with van der Waals surface area (Å²) in [7, 11) is 0. The Hall–Kier alpha value is -2.92. The van der Waals surface area contributed by atoms with E-state index in [4.69, 9.17) is 0 Å². The summed E-state index contributed by atoms with van der Waals surface area (Å²) in [5.74, 6) is 0.124. The molecule has 0 saturated carbocycles. The van der Waals surface area contributed by atoms with Crippen LogP contribution in [0.1, 0.15) is 30.9 Å². The quantitative estimate of drug-likeness (QED) is 0.406. The molecule has 0 radical (unpaired) electrons. The molecule has 1 heterocycles. The summed E-state index contributed by atoms with van der Waals surface area (Å²) in [5.41, 5.74) is 2.10. The molecule has 0 aromatic heterocycles. The molecule has 0 spiro atoms. The Morgan fingerprint density at radius 1 is 1.00 bits per heavy atom. The first-order valence-corrected chi connectivity index (χ1v) is 10.7. The zero-order chi connectivity index (χ0) is 20.1. The molecular weight excluding hydrogens is 378 g/mol. The number of rotatable bonds is 6. The molecule has 4 rings (SSSR count). The molecule has 1 amide bonds. The lowest BCUT2D eigenvalue weighted by atomic mass is 10.0. The van der Waals surface area contributed by atoms with Crippen LogP contribution in [0.5, 0.6) is 0 Å². The second-order valence-corrected chi connectivity index (χ2v) is 8.17. The van der Waals surface area contributed by atoms with E-state index in [9.17, 15) is 4.79 Å². The minimum Gasteiger partial charge on any atom is -0.284 e. The van der Waals surface area contributed by atoms with Gasteiger partial charge in [-0.15, -0.1) is 5.10 Å². The Balaban J connectivity index is 1.63. The number of fused-ring (bicyclic) bond motifs is 1. The van der Waals surface area contributed by atoms with Crippen molar-refractivity contribution in [3.05, 3.63) is 83.9 Å². The van der Waals surface area contributed by atoms with E-state index < -0.39 is 0 Å². The Bertz CT molecular complexity index is 1060. The molecule has 1 aliphatic heterocycles. The predicted molar refractivity (Wildman–Crippen MR) is 122 cm³/mol. The van der Waals surface area contributed by atoms with Gasteiger partial charge in [-0.1, -0.05) is 97.9 Å². The van der Waals surface area contributed by atoms with Crippen LogP contribution in [0.15, 0.2) is 83.0 Å². The Labute approximate surface area is 175 Å². The number of amides is 1. The van der Waals surface area contributed by atoms with Crippen LogP contribution in [0, 0.1) is 0 Å². The van der Waals surface area contributed by atoms with Gasteiger partial charge in [0.1, 0.15) is 0 Å². The Kier molecular flexibility index (Phi) is 6.06. The molecule has 146 valence electrons. The molecule has 0 bridgehead atoms. The minimum atomic E-state index is -0.0827. The minimum absolute atomic E-state index is 0.0827. The van der Waals surface area contributed by atoms with E-state index in [1.807, 2.05) is 48.5 Å². The maximum atomic E-state index is 13.1. The number of amidine groups is 1. The van der Waals surface area contributed by atoms with E-state index >= 15 is 0 Å². The highest BCUT2D eigenvalue weighted by Gasteiger charge is 2.37. The number of hydrogen-bond donors (Lipinski definition) is 0. The van der Waals surface area contributed by atoms with Crippen LogP contribution in [0.3, 0.4) is 0 Å². The van der Waals surface area contributed by atoms with E-state index in [0.29, 0.717) is 11.7 Å². The number of carbonyl (C=O) groups excluding carboxylic acids is 1. The van der Waals surface area contributed by atoms with Gasteiger partial charge in [-0.3, -0.25) is 9.69 Å². The first-order chi connectivity index (χ1) is 14.3. The van der Waals surface area contributed by atoms with Gasteiger partial charge in [0.15, 0.2) is 5.17 Å². The third-order valence-corrected chi connectivity index (χ3v) is 6.16. The maximum Gasteiger partial charge on any atom is 0.242 e. The molecule has 1 fully saturated rings. The van der Waals surface area contributed by atoms with Gasteiger partial charge in [0, 0.05) is 0 Å². The first-order valence-electron chi connectivity index (χ1n) is 9.87. The summed E-state index contributed by atoms with van der Waals surface area (Å²) < 4.78 is 0. The topological polar surface area (TPSA) is 45.0 Å². The number of carbonyl (C=O) groups is 1. The monoisotopic (exact) mass is 401 g/mol. The average Bonchev–Trinajstić information content (AvgIpc) is 3.04. The fourth-order valence-electron chi connectivity index (χ4n) is 3.46. The van der Waals surface area contributed by atoms with Crippen molar-refractivity contribution in [2.24, 2.45) is 10.2 Å². The summed E-state index contributed by atoms with van der Waals surface area (Å²) in [4.78, 5) is 14.8. The number of nitrogens with zero attached hydrogens (tertiary/aromatic N) is 3. The lowest BCUT2D eigenvalue weighted by Crippen LogP contribution is -2.31. The summed E-state index contributed by atoms with van der Waals surface area (Å²) in [6.07, 6.45) is 3.53. The third kappa shape index (κ3) is 4.40. The normalized spacial score (nSPS) is 18.4. The highest BCUT2D eigenvalue weighted by atomic mass is 32.2. The molecule has 29 heavy (non-hydrogen) atoms. The first kappa shape index (κ1) is 19.4. The zero-order valence-electron chi connectivity index (χ0n) is 16.4. The highest BCUT2D eigenvalue weighted by molar-refractivity contribution is 8.15. The van der Waals surface area contributed by atoms with Gasteiger partial charge >= 0.3 is 0 Å². The lowest BCUT2D eigenvalue weighted by Gasteiger charge is -2.17. The number of thioether (sulfide) groups is 1. The molecule has 1 aliphatic rings. The SMILES string of the molecule is CCCC1S/C(=N/N=C/c2ccccc2)N(Cc2cccc3ccccc23)C1=O. The fraction of sp³-hybridized carbons (Fsp3) is 0.208. The molecule has 5 heteroatoms. The molecule has 0 N–H and O–H groups in total. The van der Waals surface area contributed by atoms with E-state index in [1.54, 1.807) is 11.1 Å². The van der Waals surface area contributed by atoms with Crippen LogP contribution < -0.4 is 0 Å². The van der Waals surface area contributed by atoms with Gasteiger partial charge in [0.05, 0.1) is 18.0 Å². The molecule has 0 aliphatic carbocycles. The van der Waals surface area contributed by atoms with Crippen molar-refractivity contribution in [2.45, 2.75) is 31.6 Å². The van der Waals surface area contributed by atoms with Crippen LogP contribution in [0.25, 0.3) is 10.8 Å². The van der Waals surface area contributed by atoms with Gasteiger partial charge in [-0.2, -0.15) is 5.10 Å². The molecule has 3 aromatic rings. The molecule has 1 saturated heterocycles. The molecule has 4 nitrogen and oxygen atoms in total. The van der Waals surface area contributed by atoms with Crippen LogP contribution in [0.2, 0.25) is 0 Å². The Morgan fingerprint density at radius 3 is 2.59 bits per heavy atom. The second-order valence-electron chi connectivity index (χ2n) is 7.00. The molecule has 3 aromatic carbocycles. The third-order valence-electron chi connectivity index (χ3n) is 4.93. The summed E-state index contributed by atoms with van der Waals surface area (Å²) in [6.45, 7) is 2.61. The van der Waals surface area contributed by atoms with E-state index in [2.05, 4.69) is 41.4 Å². The van der Waals surface area contributed by atoms with E-state index in [0.717, 1.165) is 24.0 Å². The van der Waals surface area contributed by atoms with Crippen LogP contribution in [-0.2, 0) is 11.3 Å². The van der Waals surface area contributed by atoms with E-state index in [1.165, 1.54) is 22.5 Å². The van der Waals surface area contributed by atoms with Gasteiger partial charge < -0.3 is 0 Å². The lowest BCUT2D eigenvalue weighted by molar-refractivity contribution is -0.126. The van der Waals surface area contributed by atoms with Crippen molar-refractivity contribution in [1.29, 1.82) is 0 Å². The smallest absolute Gasteiger partial charge is 0.242 e. The molecule has 1 atom stereocenters.